The van der Waals surface area contributed by atoms with Gasteiger partial charge in [0, 0.05) is 17.8 Å². The highest BCUT2D eigenvalue weighted by atomic mass is 35.5. The number of hydrogen-bond acceptors (Lipinski definition) is 3. The molecule has 0 unspecified atom stereocenters. The monoisotopic (exact) mass is 199 g/mol. The van der Waals surface area contributed by atoms with Gasteiger partial charge in [0.25, 0.3) is 0 Å². The lowest BCUT2D eigenvalue weighted by Gasteiger charge is -2.17. The van der Waals surface area contributed by atoms with E-state index in [9.17, 15) is 0 Å². The fourth-order valence-electron chi connectivity index (χ4n) is 1.09. The number of nitrogens with two attached hydrogens (primary N) is 2. The number of anilines is 1. The number of nitrogen functional groups attached to an aromatic ring is 1. The molecule has 4 heteroatoms. The first-order valence-electron chi connectivity index (χ1n) is 4.19. The molecule has 0 aromatic carbocycles. The summed E-state index contributed by atoms with van der Waals surface area (Å²) < 4.78 is 0. The number of rotatable bonds is 2. The fourth-order valence-corrected chi connectivity index (χ4v) is 1.26. The van der Waals surface area contributed by atoms with Crippen molar-refractivity contribution in [3.63, 3.8) is 0 Å². The van der Waals surface area contributed by atoms with Crippen LogP contribution in [0, 0.1) is 5.92 Å². The van der Waals surface area contributed by atoms with Gasteiger partial charge in [-0.05, 0) is 12.0 Å². The quantitative estimate of drug-likeness (QED) is 0.766. The van der Waals surface area contributed by atoms with Gasteiger partial charge in [-0.15, -0.1) is 0 Å². The molecule has 0 aliphatic carbocycles. The molecule has 72 valence electrons. The van der Waals surface area contributed by atoms with Gasteiger partial charge in [0.1, 0.15) is 5.82 Å². The molecule has 0 fully saturated rings. The van der Waals surface area contributed by atoms with Crippen LogP contribution in [-0.2, 0) is 0 Å². The van der Waals surface area contributed by atoms with Crippen LogP contribution in [0.5, 0.6) is 0 Å². The zero-order valence-electron chi connectivity index (χ0n) is 7.79. The molecule has 1 aromatic heterocycles. The maximum atomic E-state index is 5.93. The Morgan fingerprint density at radius 2 is 2.08 bits per heavy atom. The van der Waals surface area contributed by atoms with Crippen LogP contribution in [0.4, 0.5) is 5.82 Å². The molecule has 0 saturated heterocycles. The van der Waals surface area contributed by atoms with E-state index in [1.165, 1.54) is 6.20 Å². The van der Waals surface area contributed by atoms with Gasteiger partial charge in [-0.1, -0.05) is 25.4 Å². The van der Waals surface area contributed by atoms with E-state index in [2.05, 4.69) is 4.98 Å². The third-order valence-electron chi connectivity index (χ3n) is 1.99. The SMILES string of the molecule is CC(C)[C@@H](N)c1cc(Cl)cnc1N. The molecule has 0 radical (unpaired) electrons. The number of aromatic nitrogens is 1. The maximum Gasteiger partial charge on any atom is 0.128 e. The highest BCUT2D eigenvalue weighted by Crippen LogP contribution is 2.25. The first-order valence-corrected chi connectivity index (χ1v) is 4.56. The van der Waals surface area contributed by atoms with Crippen LogP contribution in [-0.4, -0.2) is 4.98 Å². The Morgan fingerprint density at radius 1 is 1.46 bits per heavy atom. The van der Waals surface area contributed by atoms with Crippen LogP contribution < -0.4 is 11.5 Å². The third kappa shape index (κ3) is 2.32. The normalized spacial score (nSPS) is 13.3. The molecule has 4 N–H and O–H groups in total. The average molecular weight is 200 g/mol. The fraction of sp³-hybridized carbons (Fsp3) is 0.444. The molecule has 1 aromatic rings. The Labute approximate surface area is 83.1 Å². The Bertz CT molecular complexity index is 299. The molecule has 0 aliphatic heterocycles. The number of hydrogen-bond donors (Lipinski definition) is 2. The molecule has 1 atom stereocenters. The predicted octanol–water partition coefficient (Wildman–Crippen LogP) is 1.97. The number of nitrogens with zero attached hydrogens (tertiary/aromatic N) is 1. The highest BCUT2D eigenvalue weighted by Gasteiger charge is 2.14. The van der Waals surface area contributed by atoms with Crippen LogP contribution in [0.15, 0.2) is 12.3 Å². The van der Waals surface area contributed by atoms with Crippen molar-refractivity contribution in [3.8, 4) is 0 Å². The lowest BCUT2D eigenvalue weighted by atomic mass is 9.98. The lowest BCUT2D eigenvalue weighted by molar-refractivity contribution is 0.514. The zero-order valence-corrected chi connectivity index (χ0v) is 8.55. The summed E-state index contributed by atoms with van der Waals surface area (Å²) in [6.45, 7) is 4.07. The van der Waals surface area contributed by atoms with Crippen molar-refractivity contribution in [3.05, 3.63) is 22.8 Å². The molecule has 0 amide bonds. The van der Waals surface area contributed by atoms with Crippen molar-refractivity contribution in [2.45, 2.75) is 19.9 Å². The number of pyridine rings is 1. The zero-order chi connectivity index (χ0) is 10.0. The van der Waals surface area contributed by atoms with Gasteiger partial charge in [0.05, 0.1) is 5.02 Å². The summed E-state index contributed by atoms with van der Waals surface area (Å²) in [4.78, 5) is 3.95. The van der Waals surface area contributed by atoms with E-state index in [1.807, 2.05) is 13.8 Å². The van der Waals surface area contributed by atoms with Crippen LogP contribution in [0.25, 0.3) is 0 Å². The standard InChI is InChI=1S/C9H14ClN3/c1-5(2)8(11)7-3-6(10)4-13-9(7)12/h3-5,8H,11H2,1-2H3,(H2,12,13)/t8-/m1/s1. The van der Waals surface area contributed by atoms with Crippen LogP contribution in [0.2, 0.25) is 5.02 Å². The van der Waals surface area contributed by atoms with Crippen molar-refractivity contribution >= 4 is 17.4 Å². The van der Waals surface area contributed by atoms with E-state index >= 15 is 0 Å². The molecule has 0 aliphatic rings. The molecule has 0 bridgehead atoms. The van der Waals surface area contributed by atoms with Gasteiger partial charge < -0.3 is 11.5 Å². The predicted molar refractivity (Wildman–Crippen MR) is 55.4 cm³/mol. The third-order valence-corrected chi connectivity index (χ3v) is 2.20. The van der Waals surface area contributed by atoms with E-state index in [0.29, 0.717) is 16.8 Å². The molecule has 0 spiro atoms. The topological polar surface area (TPSA) is 64.9 Å². The Morgan fingerprint density at radius 3 is 2.62 bits per heavy atom. The molecule has 1 rings (SSSR count). The van der Waals surface area contributed by atoms with Crippen LogP contribution >= 0.6 is 11.6 Å². The van der Waals surface area contributed by atoms with Gasteiger partial charge in [0.2, 0.25) is 0 Å². The summed E-state index contributed by atoms with van der Waals surface area (Å²) in [6.07, 6.45) is 1.52. The maximum absolute atomic E-state index is 5.93. The molecular formula is C9H14ClN3. The first-order chi connectivity index (χ1) is 6.02. The van der Waals surface area contributed by atoms with Crippen LogP contribution in [0.3, 0.4) is 0 Å². The van der Waals surface area contributed by atoms with E-state index in [0.717, 1.165) is 5.56 Å². The van der Waals surface area contributed by atoms with E-state index in [4.69, 9.17) is 23.1 Å². The number of halogens is 1. The van der Waals surface area contributed by atoms with Crippen LogP contribution in [0.1, 0.15) is 25.5 Å². The van der Waals surface area contributed by atoms with E-state index < -0.39 is 0 Å². The molecule has 0 saturated carbocycles. The summed E-state index contributed by atoms with van der Waals surface area (Å²) in [6, 6.07) is 1.67. The van der Waals surface area contributed by atoms with E-state index in [-0.39, 0.29) is 6.04 Å². The average Bonchev–Trinajstić information content (AvgIpc) is 2.08. The second kappa shape index (κ2) is 3.94. The first kappa shape index (κ1) is 10.3. The molecule has 13 heavy (non-hydrogen) atoms. The van der Waals surface area contributed by atoms with E-state index in [1.54, 1.807) is 6.07 Å². The summed E-state index contributed by atoms with van der Waals surface area (Å²) in [7, 11) is 0. The van der Waals surface area contributed by atoms with Crippen molar-refractivity contribution in [2.24, 2.45) is 11.7 Å². The van der Waals surface area contributed by atoms with Gasteiger partial charge in [-0.2, -0.15) is 0 Å². The van der Waals surface area contributed by atoms with Crippen molar-refractivity contribution < 1.29 is 0 Å². The second-order valence-electron chi connectivity index (χ2n) is 3.40. The van der Waals surface area contributed by atoms with Crippen molar-refractivity contribution in [1.82, 2.24) is 4.98 Å². The highest BCUT2D eigenvalue weighted by molar-refractivity contribution is 6.30. The van der Waals surface area contributed by atoms with Crippen molar-refractivity contribution in [2.75, 3.05) is 5.73 Å². The molecule has 3 nitrogen and oxygen atoms in total. The smallest absolute Gasteiger partial charge is 0.128 e. The Balaban J connectivity index is 3.05. The summed E-state index contributed by atoms with van der Waals surface area (Å²) >= 11 is 5.79. The summed E-state index contributed by atoms with van der Waals surface area (Å²) in [5.74, 6) is 0.785. The van der Waals surface area contributed by atoms with Gasteiger partial charge in [0.15, 0.2) is 0 Å². The van der Waals surface area contributed by atoms with Gasteiger partial charge in [-0.3, -0.25) is 0 Å². The molecule has 1 heterocycles. The Kier molecular flexibility index (Phi) is 3.12. The summed E-state index contributed by atoms with van der Waals surface area (Å²) in [5, 5.41) is 0.570. The molecular weight excluding hydrogens is 186 g/mol. The minimum Gasteiger partial charge on any atom is -0.383 e. The van der Waals surface area contributed by atoms with Gasteiger partial charge in [-0.25, -0.2) is 4.98 Å². The second-order valence-corrected chi connectivity index (χ2v) is 3.83. The lowest BCUT2D eigenvalue weighted by Crippen LogP contribution is -2.18. The largest absolute Gasteiger partial charge is 0.383 e. The van der Waals surface area contributed by atoms with Crippen molar-refractivity contribution in [1.29, 1.82) is 0 Å². The van der Waals surface area contributed by atoms with Gasteiger partial charge >= 0.3 is 0 Å². The minimum atomic E-state index is -0.105. The Hall–Kier alpha value is -0.800. The minimum absolute atomic E-state index is 0.105. The summed E-state index contributed by atoms with van der Waals surface area (Å²) in [5.41, 5.74) is 12.4.